The monoisotopic (exact) mass is 138 g/mol. The molecule has 0 aliphatic carbocycles. The minimum absolute atomic E-state index is 0.146. The molecule has 1 radical (unpaired) electrons. The molecule has 0 aliphatic rings. The number of oxazole rings is 1. The fourth-order valence-corrected chi connectivity index (χ4v) is 0.618. The number of hydrogen-bond donors (Lipinski definition) is 0. The molecule has 0 saturated heterocycles. The Labute approximate surface area is 59.1 Å². The molecule has 0 bridgehead atoms. The molecule has 1 heterocycles. The Morgan fingerprint density at radius 2 is 2.70 bits per heavy atom. The number of ketones is 1. The van der Waals surface area contributed by atoms with E-state index in [1.807, 2.05) is 6.92 Å². The van der Waals surface area contributed by atoms with Gasteiger partial charge < -0.3 is 4.42 Å². The summed E-state index contributed by atoms with van der Waals surface area (Å²) in [6, 6.07) is 0. The normalized spacial score (nSPS) is 9.70. The molecule has 3 heteroatoms. The van der Waals surface area contributed by atoms with Crippen molar-refractivity contribution < 1.29 is 9.21 Å². The Kier molecular flexibility index (Phi) is 2.20. The summed E-state index contributed by atoms with van der Waals surface area (Å²) < 4.78 is 4.76. The van der Waals surface area contributed by atoms with Crippen LogP contribution < -0.4 is 0 Å². The second-order valence-electron chi connectivity index (χ2n) is 1.81. The number of nitrogens with zero attached hydrogens (tertiary/aromatic N) is 1. The average molecular weight is 138 g/mol. The Morgan fingerprint density at radius 3 is 3.20 bits per heavy atom. The van der Waals surface area contributed by atoms with E-state index in [2.05, 4.69) is 4.98 Å². The van der Waals surface area contributed by atoms with E-state index in [4.69, 9.17) is 4.42 Å². The van der Waals surface area contributed by atoms with Crippen LogP contribution in [0.4, 0.5) is 0 Å². The molecular formula is C7H8NO2. The maximum absolute atomic E-state index is 10.9. The number of carbonyl (C=O) groups excluding carboxylic acids is 1. The summed E-state index contributed by atoms with van der Waals surface area (Å²) in [6.45, 7) is 1.89. The number of Topliss-reactive ketones (excluding diaryl/α,β-unsaturated/α-hetero) is 1. The summed E-state index contributed by atoms with van der Waals surface area (Å²) in [5.41, 5.74) is 0. The van der Waals surface area contributed by atoms with Gasteiger partial charge in [0.05, 0.1) is 6.20 Å². The van der Waals surface area contributed by atoms with Gasteiger partial charge in [0.2, 0.25) is 5.78 Å². The van der Waals surface area contributed by atoms with Crippen LogP contribution in [-0.4, -0.2) is 10.8 Å². The van der Waals surface area contributed by atoms with E-state index in [0.717, 1.165) is 0 Å². The molecule has 0 spiro atoms. The topological polar surface area (TPSA) is 43.1 Å². The van der Waals surface area contributed by atoms with Gasteiger partial charge in [-0.15, -0.1) is 0 Å². The van der Waals surface area contributed by atoms with Crippen LogP contribution >= 0.6 is 0 Å². The predicted octanol–water partition coefficient (Wildman–Crippen LogP) is 1.47. The van der Waals surface area contributed by atoms with Crippen LogP contribution in [0, 0.1) is 6.42 Å². The van der Waals surface area contributed by atoms with Crippen molar-refractivity contribution in [1.82, 2.24) is 4.98 Å². The van der Waals surface area contributed by atoms with E-state index < -0.39 is 0 Å². The van der Waals surface area contributed by atoms with Gasteiger partial charge in [-0.05, 0) is 6.42 Å². The van der Waals surface area contributed by atoms with E-state index in [1.54, 1.807) is 0 Å². The van der Waals surface area contributed by atoms with Crippen molar-refractivity contribution in [3.63, 3.8) is 0 Å². The first-order chi connectivity index (χ1) is 4.84. The molecule has 0 aliphatic heterocycles. The number of rotatable bonds is 3. The Hall–Kier alpha value is -1.12. The first kappa shape index (κ1) is 6.99. The number of aromatic nitrogens is 1. The fourth-order valence-electron chi connectivity index (χ4n) is 0.618. The van der Waals surface area contributed by atoms with Gasteiger partial charge in [-0.1, -0.05) is 6.92 Å². The number of hydrogen-bond acceptors (Lipinski definition) is 3. The fraction of sp³-hybridized carbons (Fsp3) is 0.286. The Bertz CT molecular complexity index is 203. The summed E-state index contributed by atoms with van der Waals surface area (Å²) >= 11 is 0. The predicted molar refractivity (Wildman–Crippen MR) is 35.4 cm³/mol. The lowest BCUT2D eigenvalue weighted by atomic mass is 10.2. The van der Waals surface area contributed by atoms with Gasteiger partial charge in [0.25, 0.3) is 5.89 Å². The van der Waals surface area contributed by atoms with Crippen molar-refractivity contribution in [3.8, 4) is 0 Å². The van der Waals surface area contributed by atoms with Crippen LogP contribution in [0.2, 0.25) is 0 Å². The summed E-state index contributed by atoms with van der Waals surface area (Å²) in [7, 11) is 0. The van der Waals surface area contributed by atoms with Crippen molar-refractivity contribution >= 4 is 5.78 Å². The van der Waals surface area contributed by atoms with Gasteiger partial charge in [-0.3, -0.25) is 4.79 Å². The Morgan fingerprint density at radius 1 is 1.90 bits per heavy atom. The van der Waals surface area contributed by atoms with Crippen molar-refractivity contribution in [2.75, 3.05) is 0 Å². The molecule has 0 aromatic carbocycles. The molecular weight excluding hydrogens is 130 g/mol. The zero-order valence-electron chi connectivity index (χ0n) is 5.70. The van der Waals surface area contributed by atoms with E-state index in [1.165, 1.54) is 18.9 Å². The Balaban J connectivity index is 2.59. The average Bonchev–Trinajstić information content (AvgIpc) is 2.38. The first-order valence-electron chi connectivity index (χ1n) is 3.11. The number of carbonyl (C=O) groups is 1. The third kappa shape index (κ3) is 1.43. The van der Waals surface area contributed by atoms with Crippen LogP contribution in [0.5, 0.6) is 0 Å². The van der Waals surface area contributed by atoms with E-state index in [-0.39, 0.29) is 11.7 Å². The molecule has 0 fully saturated rings. The lowest BCUT2D eigenvalue weighted by molar-refractivity contribution is 0.0991. The van der Waals surface area contributed by atoms with Crippen LogP contribution in [-0.2, 0) is 0 Å². The third-order valence-electron chi connectivity index (χ3n) is 1.03. The summed E-state index contributed by atoms with van der Waals surface area (Å²) in [4.78, 5) is 14.6. The van der Waals surface area contributed by atoms with Gasteiger partial charge in [0, 0.05) is 6.42 Å². The minimum Gasteiger partial charge on any atom is -0.442 e. The van der Waals surface area contributed by atoms with Crippen LogP contribution in [0.1, 0.15) is 24.0 Å². The van der Waals surface area contributed by atoms with Crippen LogP contribution in [0.15, 0.2) is 16.9 Å². The molecule has 0 amide bonds. The van der Waals surface area contributed by atoms with E-state index >= 15 is 0 Å². The zero-order valence-corrected chi connectivity index (χ0v) is 5.70. The van der Waals surface area contributed by atoms with E-state index in [9.17, 15) is 4.79 Å². The van der Waals surface area contributed by atoms with Crippen molar-refractivity contribution in [2.24, 2.45) is 0 Å². The van der Waals surface area contributed by atoms with Gasteiger partial charge in [-0.2, -0.15) is 0 Å². The molecule has 3 nitrogen and oxygen atoms in total. The van der Waals surface area contributed by atoms with Crippen LogP contribution in [0.3, 0.4) is 0 Å². The highest BCUT2D eigenvalue weighted by Crippen LogP contribution is 1.99. The second-order valence-corrected chi connectivity index (χ2v) is 1.81. The lowest BCUT2D eigenvalue weighted by Gasteiger charge is -1.88. The summed E-state index contributed by atoms with van der Waals surface area (Å²) in [6.07, 6.45) is 5.08. The summed E-state index contributed by atoms with van der Waals surface area (Å²) in [5.74, 6) is 0.0225. The van der Waals surface area contributed by atoms with Crippen molar-refractivity contribution in [1.29, 1.82) is 0 Å². The largest absolute Gasteiger partial charge is 0.442 e. The molecule has 53 valence electrons. The quantitative estimate of drug-likeness (QED) is 0.594. The van der Waals surface area contributed by atoms with Gasteiger partial charge in [0.15, 0.2) is 0 Å². The second kappa shape index (κ2) is 3.15. The molecule has 1 rings (SSSR count). The van der Waals surface area contributed by atoms with Crippen molar-refractivity contribution in [3.05, 3.63) is 24.8 Å². The SMILES string of the molecule is CC[CH]C(=O)c1ncco1. The lowest BCUT2D eigenvalue weighted by Crippen LogP contribution is -1.98. The molecule has 0 atom stereocenters. The molecule has 1 aromatic heterocycles. The molecule has 0 N–H and O–H groups in total. The standard InChI is InChI=1S/C7H8NO2/c1-2-3-6(9)7-8-4-5-10-7/h3-5H,2H2,1H3. The van der Waals surface area contributed by atoms with E-state index in [0.29, 0.717) is 6.42 Å². The molecule has 10 heavy (non-hydrogen) atoms. The van der Waals surface area contributed by atoms with Gasteiger partial charge in [0.1, 0.15) is 6.26 Å². The van der Waals surface area contributed by atoms with Gasteiger partial charge >= 0.3 is 0 Å². The maximum atomic E-state index is 10.9. The smallest absolute Gasteiger partial charge is 0.263 e. The van der Waals surface area contributed by atoms with Crippen molar-refractivity contribution in [2.45, 2.75) is 13.3 Å². The maximum Gasteiger partial charge on any atom is 0.263 e. The summed E-state index contributed by atoms with van der Waals surface area (Å²) in [5, 5.41) is 0. The molecule has 0 saturated carbocycles. The highest BCUT2D eigenvalue weighted by atomic mass is 16.3. The van der Waals surface area contributed by atoms with Gasteiger partial charge in [-0.25, -0.2) is 4.98 Å². The van der Waals surface area contributed by atoms with Crippen LogP contribution in [0.25, 0.3) is 0 Å². The molecule has 0 unspecified atom stereocenters. The zero-order chi connectivity index (χ0) is 7.40. The highest BCUT2D eigenvalue weighted by Gasteiger charge is 2.07. The highest BCUT2D eigenvalue weighted by molar-refractivity contribution is 5.98. The third-order valence-corrected chi connectivity index (χ3v) is 1.03. The minimum atomic E-state index is -0.146. The molecule has 1 aromatic rings. The first-order valence-corrected chi connectivity index (χ1v) is 3.11.